The molecule has 0 saturated heterocycles. The first kappa shape index (κ1) is 30.3. The van der Waals surface area contributed by atoms with Crippen LogP contribution in [0.25, 0.3) is 0 Å². The molecule has 3 aromatic carbocycles. The Morgan fingerprint density at radius 2 is 1.51 bits per heavy atom. The van der Waals surface area contributed by atoms with Gasteiger partial charge in [0.15, 0.2) is 0 Å². The number of rotatable bonds is 13. The number of carbonyl (C=O) groups excluding carboxylic acids is 1. The Balaban J connectivity index is 1.35. The summed E-state index contributed by atoms with van der Waals surface area (Å²) in [5, 5.41) is 3.86. The smallest absolute Gasteiger partial charge is 0.255 e. The van der Waals surface area contributed by atoms with Crippen molar-refractivity contribution in [3.63, 3.8) is 0 Å². The molecule has 0 aliphatic rings. The highest BCUT2D eigenvalue weighted by Gasteiger charge is 2.26. The maximum absolute atomic E-state index is 13.3. The minimum absolute atomic E-state index is 0.0863. The second kappa shape index (κ2) is 13.8. The molecule has 0 aliphatic heterocycles. The van der Waals surface area contributed by atoms with E-state index in [-0.39, 0.29) is 28.6 Å². The number of nitrogens with one attached hydrogen (secondary N) is 2. The second-order valence-corrected chi connectivity index (χ2v) is 13.4. The fourth-order valence-corrected chi connectivity index (χ4v) is 6.39. The van der Waals surface area contributed by atoms with Gasteiger partial charge in [0.25, 0.3) is 5.91 Å². The zero-order valence-electron chi connectivity index (χ0n) is 21.7. The SMILES string of the molecule is O=C(CN(CCc1ccccc1)S(=O)(=O)c1ccccc1)N/N=C\c1ccc(CNS(=O)(=O)c2ccc(Br)cc2)o1. The number of benzene rings is 3. The van der Waals surface area contributed by atoms with Gasteiger partial charge in [-0.05, 0) is 60.5 Å². The summed E-state index contributed by atoms with van der Waals surface area (Å²) in [6.07, 6.45) is 1.66. The van der Waals surface area contributed by atoms with E-state index in [0.717, 1.165) is 14.3 Å². The lowest BCUT2D eigenvalue weighted by Gasteiger charge is -2.21. The van der Waals surface area contributed by atoms with Crippen LogP contribution in [0.5, 0.6) is 0 Å². The molecule has 10 nitrogen and oxygen atoms in total. The molecular weight excluding hydrogens is 632 g/mol. The van der Waals surface area contributed by atoms with Crippen molar-refractivity contribution in [2.24, 2.45) is 5.10 Å². The van der Waals surface area contributed by atoms with Crippen LogP contribution < -0.4 is 10.1 Å². The summed E-state index contributed by atoms with van der Waals surface area (Å²) >= 11 is 3.27. The van der Waals surface area contributed by atoms with Crippen molar-refractivity contribution in [1.29, 1.82) is 0 Å². The molecule has 0 bridgehead atoms. The molecule has 41 heavy (non-hydrogen) atoms. The third-order valence-corrected chi connectivity index (χ3v) is 9.62. The van der Waals surface area contributed by atoms with Crippen LogP contribution in [0, 0.1) is 0 Å². The fraction of sp³-hybridized carbons (Fsp3) is 0.143. The molecule has 4 rings (SSSR count). The number of nitrogens with zero attached hydrogens (tertiary/aromatic N) is 2. The normalized spacial score (nSPS) is 12.1. The molecular formula is C28H27BrN4O6S2. The Bertz CT molecular complexity index is 1690. The van der Waals surface area contributed by atoms with E-state index in [2.05, 4.69) is 31.2 Å². The number of halogens is 1. The van der Waals surface area contributed by atoms with Gasteiger partial charge in [0.2, 0.25) is 20.0 Å². The minimum atomic E-state index is -3.94. The molecule has 0 fully saturated rings. The van der Waals surface area contributed by atoms with Crippen molar-refractivity contribution in [1.82, 2.24) is 14.5 Å². The highest BCUT2D eigenvalue weighted by molar-refractivity contribution is 9.10. The van der Waals surface area contributed by atoms with Crippen LogP contribution in [0.2, 0.25) is 0 Å². The van der Waals surface area contributed by atoms with Crippen molar-refractivity contribution in [3.05, 3.63) is 119 Å². The van der Waals surface area contributed by atoms with E-state index in [9.17, 15) is 21.6 Å². The average molecular weight is 660 g/mol. The zero-order valence-corrected chi connectivity index (χ0v) is 24.9. The van der Waals surface area contributed by atoms with E-state index in [1.165, 1.54) is 30.5 Å². The van der Waals surface area contributed by atoms with Gasteiger partial charge >= 0.3 is 0 Å². The van der Waals surface area contributed by atoms with Crippen LogP contribution >= 0.6 is 15.9 Å². The van der Waals surface area contributed by atoms with Gasteiger partial charge in [-0.15, -0.1) is 0 Å². The van der Waals surface area contributed by atoms with Crippen molar-refractivity contribution < 1.29 is 26.0 Å². The van der Waals surface area contributed by atoms with Gasteiger partial charge in [0.05, 0.1) is 29.1 Å². The molecule has 0 saturated carbocycles. The van der Waals surface area contributed by atoms with Gasteiger partial charge in [0.1, 0.15) is 11.5 Å². The summed E-state index contributed by atoms with van der Waals surface area (Å²) in [4.78, 5) is 12.9. The lowest BCUT2D eigenvalue weighted by atomic mass is 10.1. The van der Waals surface area contributed by atoms with E-state index in [1.807, 2.05) is 30.3 Å². The molecule has 0 unspecified atom stereocenters. The summed E-state index contributed by atoms with van der Waals surface area (Å²) in [6, 6.07) is 26.6. The van der Waals surface area contributed by atoms with E-state index < -0.39 is 32.5 Å². The molecule has 2 N–H and O–H groups in total. The van der Waals surface area contributed by atoms with E-state index in [4.69, 9.17) is 4.42 Å². The summed E-state index contributed by atoms with van der Waals surface area (Å²) in [5.41, 5.74) is 3.26. The first-order valence-electron chi connectivity index (χ1n) is 12.4. The zero-order chi connectivity index (χ0) is 29.3. The van der Waals surface area contributed by atoms with Gasteiger partial charge in [0, 0.05) is 11.0 Å². The predicted molar refractivity (Wildman–Crippen MR) is 158 cm³/mol. The number of amides is 1. The second-order valence-electron chi connectivity index (χ2n) is 8.76. The summed E-state index contributed by atoms with van der Waals surface area (Å²) in [5.74, 6) is -0.0386. The summed E-state index contributed by atoms with van der Waals surface area (Å²) < 4.78 is 61.3. The molecule has 1 heterocycles. The Labute approximate surface area is 247 Å². The van der Waals surface area contributed by atoms with Crippen LogP contribution in [-0.2, 0) is 37.8 Å². The first-order valence-corrected chi connectivity index (χ1v) is 16.1. The van der Waals surface area contributed by atoms with Crippen molar-refractivity contribution in [3.8, 4) is 0 Å². The van der Waals surface area contributed by atoms with Gasteiger partial charge in [-0.1, -0.05) is 64.5 Å². The third kappa shape index (κ3) is 8.68. The molecule has 1 amide bonds. The molecule has 0 spiro atoms. The summed E-state index contributed by atoms with van der Waals surface area (Å²) in [7, 11) is -7.67. The maximum Gasteiger partial charge on any atom is 0.255 e. The Kier molecular flexibility index (Phi) is 10.2. The molecule has 1 aromatic heterocycles. The maximum atomic E-state index is 13.3. The Morgan fingerprint density at radius 3 is 2.20 bits per heavy atom. The van der Waals surface area contributed by atoms with E-state index in [1.54, 1.807) is 42.5 Å². The fourth-order valence-electron chi connectivity index (χ4n) is 3.71. The number of furan rings is 1. The minimum Gasteiger partial charge on any atom is -0.459 e. The Morgan fingerprint density at radius 1 is 0.854 bits per heavy atom. The molecule has 0 atom stereocenters. The first-order chi connectivity index (χ1) is 19.6. The highest BCUT2D eigenvalue weighted by Crippen LogP contribution is 2.17. The lowest BCUT2D eigenvalue weighted by Crippen LogP contribution is -2.40. The molecule has 13 heteroatoms. The van der Waals surface area contributed by atoms with Crippen LogP contribution in [0.3, 0.4) is 0 Å². The average Bonchev–Trinajstić information content (AvgIpc) is 3.43. The largest absolute Gasteiger partial charge is 0.459 e. The molecule has 0 radical (unpaired) electrons. The summed E-state index contributed by atoms with van der Waals surface area (Å²) in [6.45, 7) is -0.439. The van der Waals surface area contributed by atoms with Gasteiger partial charge in [-0.2, -0.15) is 9.41 Å². The van der Waals surface area contributed by atoms with Crippen molar-refractivity contribution in [2.45, 2.75) is 22.8 Å². The van der Waals surface area contributed by atoms with Crippen LogP contribution in [0.1, 0.15) is 17.1 Å². The molecule has 4 aromatic rings. The van der Waals surface area contributed by atoms with Crippen LogP contribution in [-0.4, -0.2) is 46.4 Å². The van der Waals surface area contributed by atoms with Gasteiger partial charge < -0.3 is 4.42 Å². The lowest BCUT2D eigenvalue weighted by molar-refractivity contribution is -0.121. The van der Waals surface area contributed by atoms with E-state index in [0.29, 0.717) is 12.2 Å². The van der Waals surface area contributed by atoms with Crippen LogP contribution in [0.4, 0.5) is 0 Å². The monoisotopic (exact) mass is 658 g/mol. The third-order valence-electron chi connectivity index (χ3n) is 5.82. The Hall–Kier alpha value is -3.62. The van der Waals surface area contributed by atoms with Gasteiger partial charge in [-0.25, -0.2) is 27.0 Å². The highest BCUT2D eigenvalue weighted by atomic mass is 79.9. The van der Waals surface area contributed by atoms with E-state index >= 15 is 0 Å². The van der Waals surface area contributed by atoms with Crippen molar-refractivity contribution >= 4 is 48.1 Å². The molecule has 0 aliphatic carbocycles. The quantitative estimate of drug-likeness (QED) is 0.165. The molecule has 214 valence electrons. The van der Waals surface area contributed by atoms with Crippen LogP contribution in [0.15, 0.2) is 121 Å². The number of hydrogen-bond acceptors (Lipinski definition) is 7. The number of hydrogen-bond donors (Lipinski definition) is 2. The number of sulfonamides is 2. The topological polar surface area (TPSA) is 138 Å². The number of hydrazone groups is 1. The van der Waals surface area contributed by atoms with Crippen molar-refractivity contribution in [2.75, 3.05) is 13.1 Å². The predicted octanol–water partition coefficient (Wildman–Crippen LogP) is 3.90. The standard InChI is InChI=1S/C28H27BrN4O6S2/c29-23-11-15-26(16-12-23)40(35,36)31-20-25-14-13-24(39-25)19-30-32-28(34)21-33(18-17-22-7-3-1-4-8-22)41(37,38)27-9-5-2-6-10-27/h1-16,19,31H,17-18,20-21H2,(H,32,34)/b30-19-. The van der Waals surface area contributed by atoms with Gasteiger partial charge in [-0.3, -0.25) is 4.79 Å². The number of carbonyl (C=O) groups is 1.